The molecule has 9 heteroatoms. The fraction of sp³-hybridized carbons (Fsp3) is 0.333. The average molecular weight is 441 g/mol. The molecule has 0 bridgehead atoms. The van der Waals surface area contributed by atoms with Gasteiger partial charge in [0.15, 0.2) is 11.3 Å². The van der Waals surface area contributed by atoms with Crippen molar-refractivity contribution in [2.45, 2.75) is 30.5 Å². The molecule has 0 atom stereocenters. The highest BCUT2D eigenvalue weighted by atomic mass is 79.9. The number of nitrogens with one attached hydrogen (secondary N) is 1. The minimum absolute atomic E-state index is 0.0713. The third-order valence-electron chi connectivity index (χ3n) is 4.81. The monoisotopic (exact) mass is 440 g/mol. The number of aromatic nitrogens is 3. The molecule has 1 aromatic carbocycles. The Bertz CT molecular complexity index is 968. The Balaban J connectivity index is 1.52. The minimum Gasteiger partial charge on any atom is -0.388 e. The van der Waals surface area contributed by atoms with Gasteiger partial charge in [0.05, 0.1) is 5.60 Å². The van der Waals surface area contributed by atoms with Crippen molar-refractivity contribution in [1.29, 1.82) is 0 Å². The number of rotatable bonds is 4. The van der Waals surface area contributed by atoms with Gasteiger partial charge in [-0.15, -0.1) is 0 Å². The van der Waals surface area contributed by atoms with Crippen molar-refractivity contribution in [2.24, 2.45) is 0 Å². The first-order valence-corrected chi connectivity index (χ1v) is 9.18. The van der Waals surface area contributed by atoms with E-state index in [2.05, 4.69) is 31.3 Å². The van der Waals surface area contributed by atoms with Crippen LogP contribution in [-0.4, -0.2) is 31.9 Å². The molecule has 1 saturated carbocycles. The molecular weight excluding hydrogens is 425 g/mol. The molecule has 0 unspecified atom stereocenters. The van der Waals surface area contributed by atoms with Crippen molar-refractivity contribution in [3.63, 3.8) is 0 Å². The first-order chi connectivity index (χ1) is 12.7. The van der Waals surface area contributed by atoms with Crippen LogP contribution in [0.3, 0.4) is 0 Å². The molecule has 1 aliphatic carbocycles. The number of halogens is 4. The molecular formula is C18H16BrF3N4O. The third-order valence-corrected chi connectivity index (χ3v) is 5.20. The predicted octanol–water partition coefficient (Wildman–Crippen LogP) is 4.23. The average Bonchev–Trinajstić information content (AvgIpc) is 2.97. The van der Waals surface area contributed by atoms with E-state index in [4.69, 9.17) is 0 Å². The van der Waals surface area contributed by atoms with Gasteiger partial charge in [-0.25, -0.2) is 4.98 Å². The molecule has 0 saturated heterocycles. The second-order valence-corrected chi connectivity index (χ2v) is 7.67. The number of hydrogen-bond acceptors (Lipinski definition) is 4. The van der Waals surface area contributed by atoms with Gasteiger partial charge in [0, 0.05) is 18.7 Å². The first kappa shape index (κ1) is 18.2. The van der Waals surface area contributed by atoms with E-state index >= 15 is 0 Å². The summed E-state index contributed by atoms with van der Waals surface area (Å²) in [6, 6.07) is 12.2. The molecule has 1 aliphatic rings. The highest BCUT2D eigenvalue weighted by Gasteiger charge is 2.43. The highest BCUT2D eigenvalue weighted by molar-refractivity contribution is 9.10. The molecule has 5 nitrogen and oxygen atoms in total. The van der Waals surface area contributed by atoms with Gasteiger partial charge in [0.2, 0.25) is 0 Å². The fourth-order valence-electron chi connectivity index (χ4n) is 3.44. The van der Waals surface area contributed by atoms with Crippen LogP contribution in [0.25, 0.3) is 5.65 Å². The van der Waals surface area contributed by atoms with Gasteiger partial charge in [-0.1, -0.05) is 30.3 Å². The molecule has 0 aliphatic heterocycles. The SMILES string of the molecule is OC1(CNc2cc(C(F)(F)F)nc3cc(Br)nn23)CC(c2ccccc2)C1. The maximum Gasteiger partial charge on any atom is 0.433 e. The summed E-state index contributed by atoms with van der Waals surface area (Å²) in [5.74, 6) is 0.384. The van der Waals surface area contributed by atoms with E-state index in [1.807, 2.05) is 30.3 Å². The zero-order valence-electron chi connectivity index (χ0n) is 14.0. The number of aliphatic hydroxyl groups is 1. The van der Waals surface area contributed by atoms with Crippen molar-refractivity contribution in [3.8, 4) is 0 Å². The molecule has 3 aromatic rings. The van der Waals surface area contributed by atoms with Crippen molar-refractivity contribution in [2.75, 3.05) is 11.9 Å². The maximum absolute atomic E-state index is 13.1. The Morgan fingerprint density at radius 2 is 1.93 bits per heavy atom. The second-order valence-electron chi connectivity index (χ2n) is 6.86. The number of alkyl halides is 3. The highest BCUT2D eigenvalue weighted by Crippen LogP contribution is 2.44. The summed E-state index contributed by atoms with van der Waals surface area (Å²) in [5, 5.41) is 17.7. The molecule has 4 rings (SSSR count). The standard InChI is InChI=1S/C18H16BrF3N4O/c19-14-7-16-24-13(18(20,21)22)6-15(26(16)25-14)23-10-17(27)8-12(9-17)11-4-2-1-3-5-11/h1-7,12,23,27H,8-10H2. The summed E-state index contributed by atoms with van der Waals surface area (Å²) in [4.78, 5) is 3.60. The molecule has 27 heavy (non-hydrogen) atoms. The zero-order valence-corrected chi connectivity index (χ0v) is 15.6. The van der Waals surface area contributed by atoms with Gasteiger partial charge in [0.1, 0.15) is 10.4 Å². The lowest BCUT2D eigenvalue weighted by Gasteiger charge is -2.44. The zero-order chi connectivity index (χ0) is 19.2. The van der Waals surface area contributed by atoms with Crippen molar-refractivity contribution in [1.82, 2.24) is 14.6 Å². The predicted molar refractivity (Wildman–Crippen MR) is 97.5 cm³/mol. The lowest BCUT2D eigenvalue weighted by Crippen LogP contribution is -2.48. The van der Waals surface area contributed by atoms with Crippen LogP contribution < -0.4 is 5.32 Å². The smallest absolute Gasteiger partial charge is 0.388 e. The molecule has 1 fully saturated rings. The van der Waals surface area contributed by atoms with E-state index < -0.39 is 17.5 Å². The Kier molecular flexibility index (Phi) is 4.38. The number of fused-ring (bicyclic) bond motifs is 1. The first-order valence-electron chi connectivity index (χ1n) is 8.38. The van der Waals surface area contributed by atoms with Gasteiger partial charge in [0.25, 0.3) is 0 Å². The second kappa shape index (κ2) is 6.49. The number of anilines is 1. The van der Waals surface area contributed by atoms with Gasteiger partial charge >= 0.3 is 6.18 Å². The van der Waals surface area contributed by atoms with Crippen LogP contribution in [0.2, 0.25) is 0 Å². The van der Waals surface area contributed by atoms with Gasteiger partial charge in [-0.2, -0.15) is 22.8 Å². The molecule has 2 aromatic heterocycles. The van der Waals surface area contributed by atoms with E-state index in [0.717, 1.165) is 11.6 Å². The van der Waals surface area contributed by atoms with Gasteiger partial charge < -0.3 is 10.4 Å². The van der Waals surface area contributed by atoms with Crippen LogP contribution in [0.1, 0.15) is 30.0 Å². The van der Waals surface area contributed by atoms with E-state index in [1.165, 1.54) is 10.6 Å². The van der Waals surface area contributed by atoms with Crippen LogP contribution in [0.15, 0.2) is 47.1 Å². The summed E-state index contributed by atoms with van der Waals surface area (Å²) in [6.45, 7) is 0.129. The van der Waals surface area contributed by atoms with E-state index in [0.29, 0.717) is 17.4 Å². The van der Waals surface area contributed by atoms with Crippen LogP contribution >= 0.6 is 15.9 Å². The summed E-state index contributed by atoms with van der Waals surface area (Å²) < 4.78 is 41.0. The minimum atomic E-state index is -4.57. The maximum atomic E-state index is 13.1. The van der Waals surface area contributed by atoms with Crippen molar-refractivity contribution < 1.29 is 18.3 Å². The molecule has 2 N–H and O–H groups in total. The van der Waals surface area contributed by atoms with Gasteiger partial charge in [-0.05, 0) is 40.3 Å². The van der Waals surface area contributed by atoms with Gasteiger partial charge in [-0.3, -0.25) is 0 Å². The molecule has 142 valence electrons. The Morgan fingerprint density at radius 1 is 1.22 bits per heavy atom. The Labute approximate surface area is 161 Å². The Hall–Kier alpha value is -2.13. The number of nitrogens with zero attached hydrogens (tertiary/aromatic N) is 3. The summed E-state index contributed by atoms with van der Waals surface area (Å²) in [6.07, 6.45) is -3.47. The fourth-order valence-corrected chi connectivity index (χ4v) is 3.80. The van der Waals surface area contributed by atoms with Crippen molar-refractivity contribution >= 4 is 27.4 Å². The van der Waals surface area contributed by atoms with Crippen LogP contribution in [-0.2, 0) is 6.18 Å². The largest absolute Gasteiger partial charge is 0.433 e. The lowest BCUT2D eigenvalue weighted by atomic mass is 9.68. The molecule has 0 spiro atoms. The lowest BCUT2D eigenvalue weighted by molar-refractivity contribution is -0.141. The number of hydrogen-bond donors (Lipinski definition) is 2. The summed E-state index contributed by atoms with van der Waals surface area (Å²) >= 11 is 3.15. The summed E-state index contributed by atoms with van der Waals surface area (Å²) in [5.41, 5.74) is -0.753. The molecule has 2 heterocycles. The normalized spacial score (nSPS) is 22.6. The molecule has 0 radical (unpaired) electrons. The quantitative estimate of drug-likeness (QED) is 0.637. The molecule has 0 amide bonds. The van der Waals surface area contributed by atoms with Crippen LogP contribution in [0, 0.1) is 0 Å². The van der Waals surface area contributed by atoms with Crippen LogP contribution in [0.4, 0.5) is 19.0 Å². The van der Waals surface area contributed by atoms with E-state index in [9.17, 15) is 18.3 Å². The Morgan fingerprint density at radius 3 is 2.59 bits per heavy atom. The topological polar surface area (TPSA) is 62.5 Å². The summed E-state index contributed by atoms with van der Waals surface area (Å²) in [7, 11) is 0. The van der Waals surface area contributed by atoms with Crippen molar-refractivity contribution in [3.05, 3.63) is 58.3 Å². The number of benzene rings is 1. The van der Waals surface area contributed by atoms with E-state index in [-0.39, 0.29) is 23.9 Å². The van der Waals surface area contributed by atoms with Crippen LogP contribution in [0.5, 0.6) is 0 Å². The third kappa shape index (κ3) is 3.66. The van der Waals surface area contributed by atoms with E-state index in [1.54, 1.807) is 0 Å².